The average molecular weight is 119 g/mol. The van der Waals surface area contributed by atoms with Gasteiger partial charge in [-0.1, -0.05) is 0 Å². The first-order valence-electron chi connectivity index (χ1n) is 0. The van der Waals surface area contributed by atoms with Gasteiger partial charge in [-0.2, -0.15) is 0 Å². The van der Waals surface area contributed by atoms with Gasteiger partial charge >= 0.3 is 74.4 Å². The van der Waals surface area contributed by atoms with E-state index in [4.69, 9.17) is 0 Å². The Kier molecular flexibility index (Phi) is 131. The molecule has 0 radical (unpaired) electrons. The van der Waals surface area contributed by atoms with Crippen LogP contribution < -0.4 is 63.8 Å². The van der Waals surface area contributed by atoms with Gasteiger partial charge in [0.2, 0.25) is 0 Å². The number of hydrogen-bond acceptors (Lipinski definition) is 0. The van der Waals surface area contributed by atoms with E-state index in [0.29, 0.717) is 0 Å². The molecule has 0 aromatic rings. The van der Waals surface area contributed by atoms with Crippen molar-refractivity contribution in [1.29, 1.82) is 0 Å². The fourth-order valence-electron chi connectivity index (χ4n) is 0. The molecule has 0 rings (SSSR count). The molecule has 4 heteroatoms. The van der Waals surface area contributed by atoms with Gasteiger partial charge in [-0.15, -0.1) is 0 Å². The molecule has 4 heavy (non-hydrogen) atoms. The third kappa shape index (κ3) is 8.82. The molecule has 0 aliphatic heterocycles. The Morgan fingerprint density at radius 1 is 1.25 bits per heavy atom. The summed E-state index contributed by atoms with van der Waals surface area (Å²) in [5.74, 6) is 0. The third-order valence-electron chi connectivity index (χ3n) is 0. The molecule has 0 saturated carbocycles. The van der Waals surface area contributed by atoms with Crippen molar-refractivity contribution in [3.8, 4) is 0 Å². The quantitative estimate of drug-likeness (QED) is 0.284. The van der Waals surface area contributed by atoms with Crippen LogP contribution in [0.4, 0.5) is 0 Å². The van der Waals surface area contributed by atoms with Crippen molar-refractivity contribution in [2.45, 2.75) is 0 Å². The van der Waals surface area contributed by atoms with Gasteiger partial charge in [-0.05, 0) is 0 Å². The molecule has 2 N–H and O–H groups in total. The van der Waals surface area contributed by atoms with Crippen LogP contribution in [0, 0.1) is 0 Å². The Hall–Kier alpha value is 2.65. The predicted molar refractivity (Wildman–Crippen MR) is 11.6 cm³/mol. The van der Waals surface area contributed by atoms with Crippen molar-refractivity contribution in [2.75, 3.05) is 0 Å². The van der Waals surface area contributed by atoms with E-state index >= 15 is 0 Å². The monoisotopic (exact) mass is 118 g/mol. The zero-order valence-electron chi connectivity index (χ0n) is 4.59. The van der Waals surface area contributed by atoms with E-state index in [1.165, 1.54) is 0 Å². The van der Waals surface area contributed by atoms with Crippen molar-refractivity contribution in [2.24, 2.45) is 0 Å². The van der Waals surface area contributed by atoms with E-state index in [2.05, 4.69) is 0 Å². The molecule has 20 valence electrons. The van der Waals surface area contributed by atoms with Gasteiger partial charge in [0.25, 0.3) is 0 Å². The van der Waals surface area contributed by atoms with Crippen LogP contribution in [0.2, 0.25) is 0 Å². The number of halogens is 1. The molecule has 0 atom stereocenters. The van der Waals surface area contributed by atoms with Gasteiger partial charge in [0, 0.05) is 0 Å². The third-order valence-corrected chi connectivity index (χ3v) is 0. The Balaban J connectivity index is 0. The van der Waals surface area contributed by atoms with E-state index in [-0.39, 0.29) is 95.2 Å². The molecule has 0 amide bonds. The number of hydrogen-bond donors (Lipinski definition) is 0. The van der Waals surface area contributed by atoms with E-state index in [1.54, 1.807) is 0 Å². The van der Waals surface area contributed by atoms with Crippen LogP contribution in [0.25, 0.3) is 0 Å². The van der Waals surface area contributed by atoms with Crippen LogP contribution in [-0.4, -0.2) is 28.5 Å². The maximum absolute atomic E-state index is 0. The fraction of sp³-hybridized carbons (Fsp3) is 0. The predicted octanol–water partition coefficient (Wildman–Crippen LogP) is -6.97. The zero-order chi connectivity index (χ0) is 0. The fourth-order valence-corrected chi connectivity index (χ4v) is 0. The topological polar surface area (TPSA) is 31.5 Å². The summed E-state index contributed by atoms with van der Waals surface area (Å²) < 4.78 is 0. The van der Waals surface area contributed by atoms with Crippen LogP contribution in [0.5, 0.6) is 0 Å². The Morgan fingerprint density at radius 3 is 1.25 bits per heavy atom. The molecule has 0 aliphatic rings. The minimum atomic E-state index is 0. The second-order valence-electron chi connectivity index (χ2n) is 0. The first-order chi connectivity index (χ1) is 0. The molecular formula is H4ClKMgO. The van der Waals surface area contributed by atoms with Gasteiger partial charge in [0.15, 0.2) is 0 Å². The van der Waals surface area contributed by atoms with Gasteiger partial charge in [0.05, 0.1) is 0 Å². The zero-order valence-corrected chi connectivity index (χ0v) is 7.88. The molecule has 0 aliphatic carbocycles. The molecule has 0 saturated heterocycles. The molecular weight excluding hydrogens is 115 g/mol. The van der Waals surface area contributed by atoms with Crippen molar-refractivity contribution in [3.63, 3.8) is 0 Å². The van der Waals surface area contributed by atoms with Crippen LogP contribution in [0.3, 0.4) is 0 Å². The Bertz CT molecular complexity index is 13.5. The minimum absolute atomic E-state index is 0. The second kappa shape index (κ2) is 17.4. The smallest absolute Gasteiger partial charge is 1.00 e. The van der Waals surface area contributed by atoms with Gasteiger partial charge in [-0.25, -0.2) is 0 Å². The largest absolute Gasteiger partial charge is 2.00 e. The maximum atomic E-state index is 0. The summed E-state index contributed by atoms with van der Waals surface area (Å²) in [5.41, 5.74) is 0. The Labute approximate surface area is 93.2 Å². The summed E-state index contributed by atoms with van der Waals surface area (Å²) in [6.45, 7) is 0. The van der Waals surface area contributed by atoms with Gasteiger partial charge in [0.1, 0.15) is 0 Å². The molecule has 0 spiro atoms. The first kappa shape index (κ1) is 30.2. The molecule has 0 heterocycles. The summed E-state index contributed by atoms with van der Waals surface area (Å²) in [5, 5.41) is 0. The van der Waals surface area contributed by atoms with E-state index in [9.17, 15) is 0 Å². The van der Waals surface area contributed by atoms with Crippen molar-refractivity contribution < 1.29 is 72.1 Å². The van der Waals surface area contributed by atoms with Crippen LogP contribution in [0.1, 0.15) is 2.85 Å². The summed E-state index contributed by atoms with van der Waals surface area (Å²) >= 11 is 0. The molecule has 1 nitrogen and oxygen atoms in total. The van der Waals surface area contributed by atoms with Crippen molar-refractivity contribution in [1.82, 2.24) is 0 Å². The van der Waals surface area contributed by atoms with Crippen molar-refractivity contribution >= 4 is 23.1 Å². The minimum Gasteiger partial charge on any atom is -1.00 e. The molecule has 0 unspecified atom stereocenters. The van der Waals surface area contributed by atoms with E-state index < -0.39 is 0 Å². The second-order valence-corrected chi connectivity index (χ2v) is 0. The molecule has 0 aromatic carbocycles. The summed E-state index contributed by atoms with van der Waals surface area (Å²) in [4.78, 5) is 0. The first-order valence-corrected chi connectivity index (χ1v) is 0. The SMILES string of the molecule is O.[Cl-].[H-].[H-].[K+].[Mg+2]. The number of rotatable bonds is 0. The standard InChI is InChI=1S/ClH.K.Mg.H2O.2H/h1H;;;1H2;;/q;+1;+2;;2*-1/p-1. The normalized spacial score (nSPS) is 0. The summed E-state index contributed by atoms with van der Waals surface area (Å²) in [6, 6.07) is 0. The van der Waals surface area contributed by atoms with Crippen molar-refractivity contribution in [3.05, 3.63) is 0 Å². The van der Waals surface area contributed by atoms with E-state index in [1.807, 2.05) is 0 Å². The molecule has 0 aromatic heterocycles. The molecule has 0 fully saturated rings. The van der Waals surface area contributed by atoms with E-state index in [0.717, 1.165) is 0 Å². The Morgan fingerprint density at radius 2 is 1.25 bits per heavy atom. The van der Waals surface area contributed by atoms with Gasteiger partial charge in [-0.3, -0.25) is 0 Å². The maximum Gasteiger partial charge on any atom is 2.00 e. The summed E-state index contributed by atoms with van der Waals surface area (Å²) in [7, 11) is 0. The average Bonchev–Trinajstić information content (AvgIpc) is 0. The molecule has 0 bridgehead atoms. The van der Waals surface area contributed by atoms with Crippen LogP contribution in [0.15, 0.2) is 0 Å². The van der Waals surface area contributed by atoms with Crippen LogP contribution >= 0.6 is 0 Å². The summed E-state index contributed by atoms with van der Waals surface area (Å²) in [6.07, 6.45) is 0. The van der Waals surface area contributed by atoms with Crippen LogP contribution in [-0.2, 0) is 0 Å². The van der Waals surface area contributed by atoms with Gasteiger partial charge < -0.3 is 20.7 Å².